The van der Waals surface area contributed by atoms with Crippen molar-refractivity contribution in [1.82, 2.24) is 0 Å². The summed E-state index contributed by atoms with van der Waals surface area (Å²) in [5.41, 5.74) is 2.49. The molecule has 4 rings (SSSR count). The minimum Gasteiger partial charge on any atom is -0.420 e. The van der Waals surface area contributed by atoms with Crippen molar-refractivity contribution in [3.05, 3.63) is 113 Å². The van der Waals surface area contributed by atoms with Gasteiger partial charge < -0.3 is 4.74 Å². The van der Waals surface area contributed by atoms with Crippen LogP contribution in [0.25, 0.3) is 22.3 Å². The van der Waals surface area contributed by atoms with Gasteiger partial charge in [0.2, 0.25) is 5.82 Å². The molecule has 4 aromatic carbocycles. The first-order chi connectivity index (χ1) is 18.8. The fraction of sp³-hybridized carbons (Fsp3) is 0.242. The monoisotopic (exact) mass is 534 g/mol. The minimum absolute atomic E-state index is 0.0474. The number of carbonyl (C=O) groups is 1. The average Bonchev–Trinajstić information content (AvgIpc) is 2.95. The first kappa shape index (κ1) is 28.1. The molecule has 0 fully saturated rings. The first-order valence-corrected chi connectivity index (χ1v) is 13.2. The van der Waals surface area contributed by atoms with Crippen LogP contribution in [0.2, 0.25) is 0 Å². The zero-order valence-electron chi connectivity index (χ0n) is 22.0. The van der Waals surface area contributed by atoms with E-state index in [4.69, 9.17) is 4.74 Å². The van der Waals surface area contributed by atoms with Crippen molar-refractivity contribution in [1.29, 1.82) is 0 Å². The van der Waals surface area contributed by atoms with E-state index in [1.807, 2.05) is 19.1 Å². The van der Waals surface area contributed by atoms with Gasteiger partial charge in [0.05, 0.1) is 5.56 Å². The normalized spacial score (nSPS) is 11.0. The van der Waals surface area contributed by atoms with Gasteiger partial charge in [-0.25, -0.2) is 18.0 Å². The molecule has 0 aliphatic heterocycles. The lowest BCUT2D eigenvalue weighted by Gasteiger charge is -2.11. The molecule has 0 aliphatic rings. The van der Waals surface area contributed by atoms with Crippen LogP contribution in [0.4, 0.5) is 17.6 Å². The third-order valence-electron chi connectivity index (χ3n) is 6.70. The maximum Gasteiger partial charge on any atom is 0.343 e. The van der Waals surface area contributed by atoms with Gasteiger partial charge in [0.15, 0.2) is 23.2 Å². The molecule has 0 N–H and O–H groups in total. The van der Waals surface area contributed by atoms with E-state index in [0.717, 1.165) is 37.7 Å². The molecule has 0 atom stereocenters. The Morgan fingerprint density at radius 2 is 1.21 bits per heavy atom. The molecular formula is C33H30F4O2. The van der Waals surface area contributed by atoms with E-state index in [2.05, 4.69) is 6.92 Å². The van der Waals surface area contributed by atoms with Gasteiger partial charge in [0.1, 0.15) is 0 Å². The molecule has 6 heteroatoms. The Kier molecular flexibility index (Phi) is 9.18. The number of esters is 1. The molecule has 0 radical (unpaired) electrons. The van der Waals surface area contributed by atoms with Gasteiger partial charge in [0, 0.05) is 11.1 Å². The molecule has 0 bridgehead atoms. The smallest absolute Gasteiger partial charge is 0.343 e. The topological polar surface area (TPSA) is 26.3 Å². The average molecular weight is 535 g/mol. The van der Waals surface area contributed by atoms with Crippen LogP contribution in [0.15, 0.2) is 72.8 Å². The SMILES string of the molecule is CCCCCc1ccc(-c2ccc(C(=O)Oc3ccc(-c4ccc(CCC)cc4)c(F)c3F)cc2)c(F)c1F. The number of hydrogen-bond acceptors (Lipinski definition) is 2. The fourth-order valence-corrected chi connectivity index (χ4v) is 4.49. The van der Waals surface area contributed by atoms with Crippen LogP contribution in [-0.2, 0) is 12.8 Å². The zero-order chi connectivity index (χ0) is 27.9. The van der Waals surface area contributed by atoms with Crippen molar-refractivity contribution >= 4 is 5.97 Å². The number of carbonyl (C=O) groups excluding carboxylic acids is 1. The zero-order valence-corrected chi connectivity index (χ0v) is 22.0. The van der Waals surface area contributed by atoms with E-state index in [-0.39, 0.29) is 16.7 Å². The lowest BCUT2D eigenvalue weighted by molar-refractivity contribution is 0.0726. The Balaban J connectivity index is 1.48. The van der Waals surface area contributed by atoms with Crippen molar-refractivity contribution in [2.45, 2.75) is 52.4 Å². The van der Waals surface area contributed by atoms with Crippen LogP contribution in [0, 0.1) is 23.3 Å². The summed E-state index contributed by atoms with van der Waals surface area (Å²) in [6, 6.07) is 18.5. The van der Waals surface area contributed by atoms with Gasteiger partial charge >= 0.3 is 5.97 Å². The molecular weight excluding hydrogens is 504 g/mol. The summed E-state index contributed by atoms with van der Waals surface area (Å²) >= 11 is 0. The van der Waals surface area contributed by atoms with Gasteiger partial charge in [-0.1, -0.05) is 81.6 Å². The maximum atomic E-state index is 14.8. The van der Waals surface area contributed by atoms with E-state index < -0.39 is 35.0 Å². The number of ether oxygens (including phenoxy) is 1. The molecule has 0 amide bonds. The van der Waals surface area contributed by atoms with E-state index in [0.29, 0.717) is 23.1 Å². The van der Waals surface area contributed by atoms with E-state index in [1.165, 1.54) is 42.5 Å². The van der Waals surface area contributed by atoms with Gasteiger partial charge in [-0.2, -0.15) is 4.39 Å². The van der Waals surface area contributed by atoms with Crippen molar-refractivity contribution in [2.24, 2.45) is 0 Å². The second-order valence-electron chi connectivity index (χ2n) is 9.51. The largest absolute Gasteiger partial charge is 0.420 e. The standard InChI is InChI=1S/C33H30F4O2/c1-3-5-6-8-24-17-18-26(30(35)29(24)34)23-13-15-25(16-14-23)33(38)39-28-20-19-27(31(36)32(28)37)22-11-9-21(7-4-2)10-12-22/h9-20H,3-8H2,1-2H3. The maximum absolute atomic E-state index is 14.8. The van der Waals surface area contributed by atoms with Gasteiger partial charge in [0.25, 0.3) is 0 Å². The van der Waals surface area contributed by atoms with Gasteiger partial charge in [-0.05, 0) is 65.8 Å². The molecule has 0 spiro atoms. The van der Waals surface area contributed by atoms with E-state index in [1.54, 1.807) is 18.2 Å². The number of benzene rings is 4. The van der Waals surface area contributed by atoms with Gasteiger partial charge in [-0.15, -0.1) is 0 Å². The highest BCUT2D eigenvalue weighted by Crippen LogP contribution is 2.31. The lowest BCUT2D eigenvalue weighted by atomic mass is 9.99. The van der Waals surface area contributed by atoms with Crippen molar-refractivity contribution in [3.63, 3.8) is 0 Å². The molecule has 4 aromatic rings. The van der Waals surface area contributed by atoms with Crippen molar-refractivity contribution in [3.8, 4) is 28.0 Å². The number of halogens is 4. The summed E-state index contributed by atoms with van der Waals surface area (Å²) in [5.74, 6) is -5.66. The van der Waals surface area contributed by atoms with Crippen molar-refractivity contribution in [2.75, 3.05) is 0 Å². The Morgan fingerprint density at radius 1 is 0.615 bits per heavy atom. The number of rotatable bonds is 10. The first-order valence-electron chi connectivity index (χ1n) is 13.2. The van der Waals surface area contributed by atoms with Crippen LogP contribution in [0.5, 0.6) is 5.75 Å². The summed E-state index contributed by atoms with van der Waals surface area (Å²) in [7, 11) is 0. The highest BCUT2D eigenvalue weighted by molar-refractivity contribution is 5.91. The predicted molar refractivity (Wildman–Crippen MR) is 146 cm³/mol. The second-order valence-corrected chi connectivity index (χ2v) is 9.51. The molecule has 39 heavy (non-hydrogen) atoms. The summed E-state index contributed by atoms with van der Waals surface area (Å²) in [6.45, 7) is 4.10. The molecule has 0 aliphatic carbocycles. The fourth-order valence-electron chi connectivity index (χ4n) is 4.49. The quantitative estimate of drug-likeness (QED) is 0.0877. The number of hydrogen-bond donors (Lipinski definition) is 0. The van der Waals surface area contributed by atoms with Crippen molar-refractivity contribution < 1.29 is 27.1 Å². The van der Waals surface area contributed by atoms with Crippen LogP contribution in [-0.4, -0.2) is 5.97 Å². The van der Waals surface area contributed by atoms with Crippen LogP contribution >= 0.6 is 0 Å². The Bertz CT molecular complexity index is 1440. The van der Waals surface area contributed by atoms with Crippen LogP contribution in [0.1, 0.15) is 61.0 Å². The van der Waals surface area contributed by atoms with E-state index >= 15 is 0 Å². The van der Waals surface area contributed by atoms with Crippen LogP contribution in [0.3, 0.4) is 0 Å². The van der Waals surface area contributed by atoms with Crippen LogP contribution < -0.4 is 4.74 Å². The Morgan fingerprint density at radius 3 is 1.82 bits per heavy atom. The molecule has 0 heterocycles. The van der Waals surface area contributed by atoms with Gasteiger partial charge in [-0.3, -0.25) is 0 Å². The molecule has 0 saturated heterocycles. The molecule has 0 unspecified atom stereocenters. The predicted octanol–water partition coefficient (Wildman–Crippen LogP) is 9.48. The summed E-state index contributed by atoms with van der Waals surface area (Å²) < 4.78 is 64.1. The highest BCUT2D eigenvalue weighted by atomic mass is 19.2. The Labute approximate surface area is 226 Å². The molecule has 202 valence electrons. The second kappa shape index (κ2) is 12.7. The number of unbranched alkanes of at least 4 members (excludes halogenated alkanes) is 2. The molecule has 0 aromatic heterocycles. The summed E-state index contributed by atoms with van der Waals surface area (Å²) in [6.07, 6.45) is 5.04. The summed E-state index contributed by atoms with van der Waals surface area (Å²) in [5, 5.41) is 0. The highest BCUT2D eigenvalue weighted by Gasteiger charge is 2.20. The third kappa shape index (κ3) is 6.39. The number of aryl methyl sites for hydroxylation is 2. The third-order valence-corrected chi connectivity index (χ3v) is 6.70. The molecule has 2 nitrogen and oxygen atoms in total. The Hall–Kier alpha value is -3.93. The van der Waals surface area contributed by atoms with E-state index in [9.17, 15) is 22.4 Å². The summed E-state index contributed by atoms with van der Waals surface area (Å²) in [4.78, 5) is 12.6. The molecule has 0 saturated carbocycles. The minimum atomic E-state index is -1.27. The lowest BCUT2D eigenvalue weighted by Crippen LogP contribution is -2.10.